The first-order chi connectivity index (χ1) is 15.4. The van der Waals surface area contributed by atoms with Gasteiger partial charge in [0.25, 0.3) is 0 Å². The van der Waals surface area contributed by atoms with Gasteiger partial charge in [-0.15, -0.1) is 0 Å². The molecule has 0 aliphatic heterocycles. The highest BCUT2D eigenvalue weighted by Crippen LogP contribution is 2.27. The van der Waals surface area contributed by atoms with E-state index in [1.807, 2.05) is 0 Å². The lowest BCUT2D eigenvalue weighted by atomic mass is 10.0. The topological polar surface area (TPSA) is 7.12 Å². The maximum atomic E-state index is 3.55. The van der Waals surface area contributed by atoms with E-state index in [1.165, 1.54) is 39.2 Å². The van der Waals surface area contributed by atoms with Crippen LogP contribution in [0.15, 0.2) is 89.4 Å². The first kappa shape index (κ1) is 25.2. The van der Waals surface area contributed by atoms with Gasteiger partial charge in [0, 0.05) is 48.0 Å². The normalized spacial score (nSPS) is 10.8. The highest BCUT2D eigenvalue weighted by molar-refractivity contribution is 9.10. The Morgan fingerprint density at radius 1 is 0.727 bits per heavy atom. The number of pyridine rings is 1. The molecule has 0 radical (unpaired) electrons. The van der Waals surface area contributed by atoms with Gasteiger partial charge in [-0.05, 0) is 66.1 Å². The van der Waals surface area contributed by atoms with Crippen molar-refractivity contribution in [3.05, 3.63) is 106 Å². The molecule has 0 aliphatic carbocycles. The van der Waals surface area contributed by atoms with Crippen LogP contribution in [-0.4, -0.2) is 14.1 Å². The minimum atomic E-state index is 0. The van der Waals surface area contributed by atoms with Gasteiger partial charge in [-0.1, -0.05) is 57.9 Å². The van der Waals surface area contributed by atoms with E-state index in [0.29, 0.717) is 0 Å². The lowest BCUT2D eigenvalue weighted by molar-refractivity contribution is -0.662. The number of aryl methyl sites for hydroxylation is 1. The summed E-state index contributed by atoms with van der Waals surface area (Å²) in [6.45, 7) is 2.12. The predicted molar refractivity (Wildman–Crippen MR) is 141 cm³/mol. The molecule has 4 aromatic rings. The van der Waals surface area contributed by atoms with Crippen LogP contribution in [0.1, 0.15) is 16.8 Å². The van der Waals surface area contributed by atoms with Gasteiger partial charge in [-0.25, -0.2) is 0 Å². The fourth-order valence-electron chi connectivity index (χ4n) is 3.72. The van der Waals surface area contributed by atoms with Crippen molar-refractivity contribution in [3.63, 3.8) is 0 Å². The maximum absolute atomic E-state index is 3.55. The molecule has 0 amide bonds. The molecule has 0 saturated carbocycles. The van der Waals surface area contributed by atoms with Gasteiger partial charge in [0.15, 0.2) is 0 Å². The van der Waals surface area contributed by atoms with Crippen LogP contribution in [0.2, 0.25) is 0 Å². The van der Waals surface area contributed by atoms with E-state index in [2.05, 4.69) is 151 Å². The molecule has 3 aromatic carbocycles. The second-order valence-electron chi connectivity index (χ2n) is 8.31. The summed E-state index contributed by atoms with van der Waals surface area (Å²) < 4.78 is 3.35. The monoisotopic (exact) mass is 610 g/mol. The molecular weight excluding hydrogens is 583 g/mol. The third kappa shape index (κ3) is 6.12. The molecule has 1 aromatic heterocycles. The Morgan fingerprint density at radius 3 is 1.94 bits per heavy atom. The van der Waals surface area contributed by atoms with Crippen molar-refractivity contribution in [3.8, 4) is 22.4 Å². The largest absolute Gasteiger partial charge is 1.00 e. The highest BCUT2D eigenvalue weighted by atomic mass is 127. The second-order valence-corrected chi connectivity index (χ2v) is 9.22. The van der Waals surface area contributed by atoms with Crippen LogP contribution >= 0.6 is 15.9 Å². The predicted octanol–water partition coefficient (Wildman–Crippen LogP) is 4.16. The minimum Gasteiger partial charge on any atom is -1.00 e. The molecule has 33 heavy (non-hydrogen) atoms. The molecule has 4 rings (SSSR count). The number of aromatic nitrogens is 1. The molecule has 2 nitrogen and oxygen atoms in total. The summed E-state index contributed by atoms with van der Waals surface area (Å²) in [5, 5.41) is 0. The SMILES string of the molecule is Cc1ccc(-c2cc(-c3ccc(Br)cc3)cc(C=Cc3ccc(N(C)C)cc3)[n+]2C)cc1.[I-]. The Kier molecular flexibility index (Phi) is 8.49. The summed E-state index contributed by atoms with van der Waals surface area (Å²) in [7, 11) is 6.26. The summed E-state index contributed by atoms with van der Waals surface area (Å²) >= 11 is 3.55. The molecule has 0 unspecified atom stereocenters. The van der Waals surface area contributed by atoms with E-state index in [-0.39, 0.29) is 24.0 Å². The van der Waals surface area contributed by atoms with Crippen molar-refractivity contribution in [1.29, 1.82) is 0 Å². The van der Waals surface area contributed by atoms with Gasteiger partial charge >= 0.3 is 0 Å². The van der Waals surface area contributed by atoms with E-state index in [0.717, 1.165) is 10.2 Å². The van der Waals surface area contributed by atoms with Crippen molar-refractivity contribution >= 4 is 33.8 Å². The number of rotatable bonds is 5. The fourth-order valence-corrected chi connectivity index (χ4v) is 3.98. The van der Waals surface area contributed by atoms with Gasteiger partial charge in [-0.2, -0.15) is 4.57 Å². The number of benzene rings is 3. The average molecular weight is 611 g/mol. The standard InChI is InChI=1S/C29H28BrN2.HI/c1-21-5-10-24(11-6-21)29-20-25(23-12-14-26(30)15-13-23)19-28(32(29)4)18-9-22-7-16-27(17-8-22)31(2)3;/h5-20H,1-4H3;1H/q+1;/p-1. The summed E-state index contributed by atoms with van der Waals surface area (Å²) in [4.78, 5) is 2.11. The number of nitrogens with zero attached hydrogens (tertiary/aromatic N) is 2. The Bertz CT molecular complexity index is 1240. The molecule has 0 saturated heterocycles. The maximum Gasteiger partial charge on any atom is 0.213 e. The third-order valence-electron chi connectivity index (χ3n) is 5.73. The molecular formula is C29H28BrIN2. The van der Waals surface area contributed by atoms with Crippen LogP contribution in [0.4, 0.5) is 5.69 Å². The lowest BCUT2D eigenvalue weighted by Crippen LogP contribution is -3.00. The quantitative estimate of drug-likeness (QED) is 0.243. The summed E-state index contributed by atoms with van der Waals surface area (Å²) in [6, 6.07) is 30.4. The zero-order valence-electron chi connectivity index (χ0n) is 19.4. The molecule has 0 fully saturated rings. The van der Waals surface area contributed by atoms with Crippen LogP contribution in [0.3, 0.4) is 0 Å². The first-order valence-corrected chi connectivity index (χ1v) is 11.5. The smallest absolute Gasteiger partial charge is 0.213 e. The van der Waals surface area contributed by atoms with Crippen molar-refractivity contribution < 1.29 is 28.5 Å². The van der Waals surface area contributed by atoms with Crippen LogP contribution in [0.5, 0.6) is 0 Å². The van der Waals surface area contributed by atoms with Crippen LogP contribution in [-0.2, 0) is 7.05 Å². The third-order valence-corrected chi connectivity index (χ3v) is 6.25. The number of hydrogen-bond acceptors (Lipinski definition) is 1. The van der Waals surface area contributed by atoms with Gasteiger partial charge in [-0.3, -0.25) is 0 Å². The van der Waals surface area contributed by atoms with Gasteiger partial charge in [0.2, 0.25) is 11.4 Å². The van der Waals surface area contributed by atoms with Gasteiger partial charge in [0.1, 0.15) is 7.05 Å². The van der Waals surface area contributed by atoms with E-state index < -0.39 is 0 Å². The fraction of sp³-hybridized carbons (Fsp3) is 0.138. The highest BCUT2D eigenvalue weighted by Gasteiger charge is 2.16. The molecule has 0 atom stereocenters. The van der Waals surface area contributed by atoms with Crippen LogP contribution in [0.25, 0.3) is 34.5 Å². The van der Waals surface area contributed by atoms with Crippen molar-refractivity contribution in [2.24, 2.45) is 7.05 Å². The molecule has 1 heterocycles. The number of anilines is 1. The van der Waals surface area contributed by atoms with Crippen LogP contribution < -0.4 is 33.4 Å². The zero-order valence-corrected chi connectivity index (χ0v) is 23.1. The second kappa shape index (κ2) is 11.1. The van der Waals surface area contributed by atoms with Gasteiger partial charge in [0.05, 0.1) is 0 Å². The Morgan fingerprint density at radius 2 is 1.33 bits per heavy atom. The lowest BCUT2D eigenvalue weighted by Gasteiger charge is -2.11. The zero-order chi connectivity index (χ0) is 22.7. The molecule has 0 aliphatic rings. The van der Waals surface area contributed by atoms with Crippen molar-refractivity contribution in [2.75, 3.05) is 19.0 Å². The Balaban J connectivity index is 0.00000306. The van der Waals surface area contributed by atoms with E-state index in [4.69, 9.17) is 0 Å². The van der Waals surface area contributed by atoms with Crippen molar-refractivity contribution in [1.82, 2.24) is 0 Å². The minimum absolute atomic E-state index is 0. The summed E-state index contributed by atoms with van der Waals surface area (Å²) in [5.41, 5.74) is 9.60. The van der Waals surface area contributed by atoms with E-state index in [1.54, 1.807) is 0 Å². The van der Waals surface area contributed by atoms with Gasteiger partial charge < -0.3 is 28.9 Å². The molecule has 0 spiro atoms. The average Bonchev–Trinajstić information content (AvgIpc) is 2.80. The van der Waals surface area contributed by atoms with E-state index in [9.17, 15) is 0 Å². The molecule has 168 valence electrons. The summed E-state index contributed by atoms with van der Waals surface area (Å²) in [5.74, 6) is 0. The Hall–Kier alpha value is -2.44. The van der Waals surface area contributed by atoms with E-state index >= 15 is 0 Å². The summed E-state index contributed by atoms with van der Waals surface area (Å²) in [6.07, 6.45) is 4.38. The Labute approximate surface area is 222 Å². The van der Waals surface area contributed by atoms with Crippen LogP contribution in [0, 0.1) is 6.92 Å². The number of halogens is 2. The van der Waals surface area contributed by atoms with Crippen molar-refractivity contribution in [2.45, 2.75) is 6.92 Å². The first-order valence-electron chi connectivity index (χ1n) is 10.7. The number of hydrogen-bond donors (Lipinski definition) is 0. The molecule has 0 N–H and O–H groups in total. The molecule has 0 bridgehead atoms. The molecule has 4 heteroatoms.